The maximum atomic E-state index is 12.7. The highest BCUT2D eigenvalue weighted by molar-refractivity contribution is 5.70. The highest BCUT2D eigenvalue weighted by Gasteiger charge is 2.44. The molecule has 4 N–H and O–H groups in total. The number of carbonyl (C=O) groups excluding carboxylic acids is 2. The van der Waals surface area contributed by atoms with Crippen LogP contribution in [0, 0.1) is 0 Å². The third-order valence-corrected chi connectivity index (χ3v) is 10.2. The lowest BCUT2D eigenvalue weighted by atomic mass is 9.99. The van der Waals surface area contributed by atoms with Crippen LogP contribution < -0.4 is 0 Å². The van der Waals surface area contributed by atoms with E-state index in [1.54, 1.807) is 0 Å². The second-order valence-corrected chi connectivity index (χ2v) is 15.2. The zero-order chi connectivity index (χ0) is 38.8. The molecular formula is C43H80O10. The molecule has 1 aliphatic rings. The summed E-state index contributed by atoms with van der Waals surface area (Å²) < 4.78 is 22.1. The number of unbranched alkanes of at least 4 members (excludes halogenated alkanes) is 23. The molecule has 0 aromatic heterocycles. The summed E-state index contributed by atoms with van der Waals surface area (Å²) in [7, 11) is 0. The van der Waals surface area contributed by atoms with Gasteiger partial charge in [-0.2, -0.15) is 0 Å². The van der Waals surface area contributed by atoms with E-state index in [4.69, 9.17) is 18.9 Å². The molecule has 312 valence electrons. The highest BCUT2D eigenvalue weighted by Crippen LogP contribution is 2.23. The molecule has 1 fully saturated rings. The van der Waals surface area contributed by atoms with Crippen molar-refractivity contribution in [2.24, 2.45) is 0 Å². The van der Waals surface area contributed by atoms with Crippen molar-refractivity contribution < 1.29 is 49.0 Å². The Kier molecular flexibility index (Phi) is 32.6. The third kappa shape index (κ3) is 26.8. The van der Waals surface area contributed by atoms with Gasteiger partial charge >= 0.3 is 11.9 Å². The van der Waals surface area contributed by atoms with Crippen molar-refractivity contribution in [3.05, 3.63) is 12.2 Å². The lowest BCUT2D eigenvalue weighted by Crippen LogP contribution is -2.59. The molecule has 0 spiro atoms. The monoisotopic (exact) mass is 757 g/mol. The Bertz CT molecular complexity index is 881. The van der Waals surface area contributed by atoms with Crippen molar-refractivity contribution in [3.8, 4) is 0 Å². The minimum absolute atomic E-state index is 0.215. The van der Waals surface area contributed by atoms with Crippen molar-refractivity contribution in [2.45, 2.75) is 230 Å². The maximum absolute atomic E-state index is 12.7. The maximum Gasteiger partial charge on any atom is 0.306 e. The van der Waals surface area contributed by atoms with E-state index in [0.29, 0.717) is 6.42 Å². The van der Waals surface area contributed by atoms with Crippen LogP contribution in [-0.2, 0) is 28.5 Å². The minimum Gasteiger partial charge on any atom is -0.462 e. The van der Waals surface area contributed by atoms with Gasteiger partial charge in [0.15, 0.2) is 12.4 Å². The van der Waals surface area contributed by atoms with Crippen molar-refractivity contribution >= 4 is 11.9 Å². The molecule has 0 aromatic carbocycles. The number of carbonyl (C=O) groups is 2. The molecule has 1 heterocycles. The van der Waals surface area contributed by atoms with Gasteiger partial charge in [-0.3, -0.25) is 9.59 Å². The standard InChI is InChI=1S/C43H80O10/c1-3-5-7-9-11-13-15-17-18-20-21-23-25-27-29-31-38(45)50-34-36(35-51-43-42(49)41(48)40(47)37(33-44)53-43)52-39(46)32-30-28-26-24-22-19-16-14-12-10-8-6-4-2/h14,16,36-37,40-44,47-49H,3-13,15,17-35H2,1-2H3/b16-14-. The molecular weight excluding hydrogens is 676 g/mol. The van der Waals surface area contributed by atoms with Crippen molar-refractivity contribution in [2.75, 3.05) is 19.8 Å². The Labute approximate surface area is 322 Å². The van der Waals surface area contributed by atoms with Gasteiger partial charge in [-0.15, -0.1) is 0 Å². The molecule has 53 heavy (non-hydrogen) atoms. The molecule has 0 bridgehead atoms. The molecule has 0 aromatic rings. The molecule has 0 aliphatic carbocycles. The second-order valence-electron chi connectivity index (χ2n) is 15.2. The summed E-state index contributed by atoms with van der Waals surface area (Å²) in [6.07, 6.45) is 27.9. The van der Waals surface area contributed by atoms with E-state index >= 15 is 0 Å². The van der Waals surface area contributed by atoms with Gasteiger partial charge in [-0.25, -0.2) is 0 Å². The number of aliphatic hydroxyl groups excluding tert-OH is 4. The van der Waals surface area contributed by atoms with Gasteiger partial charge < -0.3 is 39.4 Å². The van der Waals surface area contributed by atoms with Crippen molar-refractivity contribution in [3.63, 3.8) is 0 Å². The van der Waals surface area contributed by atoms with Crippen LogP contribution in [-0.4, -0.2) is 89.0 Å². The largest absolute Gasteiger partial charge is 0.462 e. The fourth-order valence-corrected chi connectivity index (χ4v) is 6.65. The highest BCUT2D eigenvalue weighted by atomic mass is 16.7. The number of hydrogen-bond acceptors (Lipinski definition) is 10. The quantitative estimate of drug-likeness (QED) is 0.0277. The molecule has 1 saturated heterocycles. The van der Waals surface area contributed by atoms with E-state index in [2.05, 4.69) is 26.0 Å². The molecule has 10 heteroatoms. The molecule has 1 aliphatic heterocycles. The topological polar surface area (TPSA) is 152 Å². The molecule has 6 unspecified atom stereocenters. The van der Waals surface area contributed by atoms with E-state index in [0.717, 1.165) is 57.8 Å². The van der Waals surface area contributed by atoms with Gasteiger partial charge in [0.05, 0.1) is 13.2 Å². The first kappa shape index (κ1) is 49.5. The Balaban J connectivity index is 2.34. The normalized spacial score (nSPS) is 20.9. The lowest BCUT2D eigenvalue weighted by molar-refractivity contribution is -0.305. The number of aliphatic hydroxyl groups is 4. The number of allylic oxidation sites excluding steroid dienone is 2. The van der Waals surface area contributed by atoms with Gasteiger partial charge in [0.25, 0.3) is 0 Å². The summed E-state index contributed by atoms with van der Waals surface area (Å²) in [5, 5.41) is 40.0. The van der Waals surface area contributed by atoms with Crippen LogP contribution in [0.3, 0.4) is 0 Å². The van der Waals surface area contributed by atoms with Crippen molar-refractivity contribution in [1.82, 2.24) is 0 Å². The molecule has 0 saturated carbocycles. The van der Waals surface area contributed by atoms with E-state index in [1.165, 1.54) is 103 Å². The average molecular weight is 757 g/mol. The smallest absolute Gasteiger partial charge is 0.306 e. The van der Waals surface area contributed by atoms with Crippen LogP contribution in [0.1, 0.15) is 194 Å². The van der Waals surface area contributed by atoms with E-state index in [9.17, 15) is 30.0 Å². The molecule has 10 nitrogen and oxygen atoms in total. The third-order valence-electron chi connectivity index (χ3n) is 10.2. The number of rotatable bonds is 36. The van der Waals surface area contributed by atoms with Crippen LogP contribution in [0.4, 0.5) is 0 Å². The fourth-order valence-electron chi connectivity index (χ4n) is 6.65. The van der Waals surface area contributed by atoms with Gasteiger partial charge in [0.2, 0.25) is 0 Å². The van der Waals surface area contributed by atoms with E-state index in [1.807, 2.05) is 0 Å². The van der Waals surface area contributed by atoms with Crippen LogP contribution in [0.15, 0.2) is 12.2 Å². The lowest BCUT2D eigenvalue weighted by Gasteiger charge is -2.39. The summed E-state index contributed by atoms with van der Waals surface area (Å²) in [6, 6.07) is 0. The molecule has 0 radical (unpaired) electrons. The Morgan fingerprint density at radius 1 is 0.566 bits per heavy atom. The van der Waals surface area contributed by atoms with Crippen molar-refractivity contribution in [1.29, 1.82) is 0 Å². The average Bonchev–Trinajstić information content (AvgIpc) is 3.15. The van der Waals surface area contributed by atoms with Gasteiger partial charge in [0, 0.05) is 12.8 Å². The van der Waals surface area contributed by atoms with Crippen LogP contribution in [0.5, 0.6) is 0 Å². The predicted molar refractivity (Wildman–Crippen MR) is 210 cm³/mol. The molecule has 0 amide bonds. The number of ether oxygens (including phenoxy) is 4. The second kappa shape index (κ2) is 34.9. The van der Waals surface area contributed by atoms with E-state index in [-0.39, 0.29) is 32.0 Å². The first-order valence-corrected chi connectivity index (χ1v) is 21.8. The van der Waals surface area contributed by atoms with Crippen LogP contribution >= 0.6 is 0 Å². The fraction of sp³-hybridized carbons (Fsp3) is 0.907. The number of hydrogen-bond donors (Lipinski definition) is 4. The summed E-state index contributed by atoms with van der Waals surface area (Å²) in [6.45, 7) is 3.41. The van der Waals surface area contributed by atoms with Gasteiger partial charge in [-0.05, 0) is 38.5 Å². The summed E-state index contributed by atoms with van der Waals surface area (Å²) in [4.78, 5) is 25.3. The summed E-state index contributed by atoms with van der Waals surface area (Å²) in [5.41, 5.74) is 0. The zero-order valence-electron chi connectivity index (χ0n) is 33.8. The molecule has 6 atom stereocenters. The minimum atomic E-state index is -1.59. The molecule has 1 rings (SSSR count). The first-order valence-electron chi connectivity index (χ1n) is 21.8. The Hall–Kier alpha value is -1.56. The first-order chi connectivity index (χ1) is 25.8. The number of esters is 2. The van der Waals surface area contributed by atoms with Crippen LogP contribution in [0.25, 0.3) is 0 Å². The SMILES string of the molecule is CCCCCC/C=C\CCCCCCCC(=O)OC(COC(=O)CCCCCCCCCCCCCCCCC)COC1OC(CO)C(O)C(O)C1O. The summed E-state index contributed by atoms with van der Waals surface area (Å²) >= 11 is 0. The summed E-state index contributed by atoms with van der Waals surface area (Å²) in [5.74, 6) is -0.809. The van der Waals surface area contributed by atoms with Gasteiger partial charge in [-0.1, -0.05) is 154 Å². The Morgan fingerprint density at radius 2 is 1.00 bits per heavy atom. The van der Waals surface area contributed by atoms with Crippen LogP contribution in [0.2, 0.25) is 0 Å². The Morgan fingerprint density at radius 3 is 1.49 bits per heavy atom. The zero-order valence-corrected chi connectivity index (χ0v) is 33.8. The van der Waals surface area contributed by atoms with Gasteiger partial charge in [0.1, 0.15) is 31.0 Å². The van der Waals surface area contributed by atoms with E-state index < -0.39 is 49.4 Å². The predicted octanol–water partition coefficient (Wildman–Crippen LogP) is 8.78.